The highest BCUT2D eigenvalue weighted by Gasteiger charge is 2.14. The number of alkyl halides is 2. The first-order valence-corrected chi connectivity index (χ1v) is 7.72. The Bertz CT molecular complexity index is 844. The molecule has 6 nitrogen and oxygen atoms in total. The molecule has 0 aliphatic carbocycles. The van der Waals surface area contributed by atoms with Gasteiger partial charge in [0.2, 0.25) is 0 Å². The molecule has 24 heavy (non-hydrogen) atoms. The summed E-state index contributed by atoms with van der Waals surface area (Å²) in [6, 6.07) is 9.01. The summed E-state index contributed by atoms with van der Waals surface area (Å²) in [7, 11) is 0. The number of carbonyl (C=O) groups excluding carboxylic acids is 1. The molecule has 0 unspecified atom stereocenters. The first-order chi connectivity index (χ1) is 11.5. The van der Waals surface area contributed by atoms with Gasteiger partial charge in [0.1, 0.15) is 0 Å². The number of nitrogens with one attached hydrogen (secondary N) is 1. The molecule has 0 saturated carbocycles. The van der Waals surface area contributed by atoms with Crippen LogP contribution in [0.25, 0.3) is 0 Å². The highest BCUT2D eigenvalue weighted by Crippen LogP contribution is 2.14. The Kier molecular flexibility index (Phi) is 4.70. The predicted molar refractivity (Wildman–Crippen MR) is 86.9 cm³/mol. The van der Waals surface area contributed by atoms with Crippen molar-refractivity contribution in [2.24, 2.45) is 0 Å². The summed E-state index contributed by atoms with van der Waals surface area (Å²) in [5.74, 6) is -0.572. The summed E-state index contributed by atoms with van der Waals surface area (Å²) in [6.45, 7) is -2.23. The molecule has 1 aromatic carbocycles. The molecule has 0 aliphatic heterocycles. The van der Waals surface area contributed by atoms with Gasteiger partial charge in [-0.05, 0) is 23.8 Å². The van der Waals surface area contributed by atoms with Crippen molar-refractivity contribution in [1.29, 1.82) is 0 Å². The minimum Gasteiger partial charge on any atom is -0.318 e. The number of hydrogen-bond acceptors (Lipinski definition) is 3. The van der Waals surface area contributed by atoms with E-state index in [0.717, 1.165) is 16.2 Å². The second-order valence-corrected chi connectivity index (χ2v) is 5.88. The largest absolute Gasteiger partial charge is 0.333 e. The summed E-state index contributed by atoms with van der Waals surface area (Å²) < 4.78 is 28.0. The van der Waals surface area contributed by atoms with Gasteiger partial charge in [-0.15, -0.1) is 0 Å². The van der Waals surface area contributed by atoms with E-state index in [2.05, 4.69) is 31.4 Å². The first kappa shape index (κ1) is 16.3. The maximum atomic E-state index is 12.5. The fraction of sp³-hybridized carbons (Fsp3) is 0.133. The molecule has 1 N–H and O–H groups in total. The van der Waals surface area contributed by atoms with Crippen molar-refractivity contribution < 1.29 is 13.6 Å². The maximum Gasteiger partial charge on any atom is 0.333 e. The number of hydrogen-bond donors (Lipinski definition) is 1. The lowest BCUT2D eigenvalue weighted by atomic mass is 10.2. The lowest BCUT2D eigenvalue weighted by Crippen LogP contribution is -2.13. The van der Waals surface area contributed by atoms with Crippen LogP contribution in [0.1, 0.15) is 22.6 Å². The fourth-order valence-corrected chi connectivity index (χ4v) is 2.32. The van der Waals surface area contributed by atoms with Crippen molar-refractivity contribution in [3.8, 4) is 0 Å². The van der Waals surface area contributed by atoms with Crippen LogP contribution in [0.3, 0.4) is 0 Å². The molecular formula is C15H12BrF2N5O. The molecule has 0 fully saturated rings. The number of nitrogens with zero attached hydrogens (tertiary/aromatic N) is 4. The molecule has 2 heterocycles. The van der Waals surface area contributed by atoms with Crippen LogP contribution < -0.4 is 5.32 Å². The normalized spacial score (nSPS) is 11.0. The molecule has 0 spiro atoms. The Hall–Kier alpha value is -2.55. The second kappa shape index (κ2) is 6.91. The van der Waals surface area contributed by atoms with Gasteiger partial charge in [0.25, 0.3) is 5.91 Å². The highest BCUT2D eigenvalue weighted by molar-refractivity contribution is 9.10. The van der Waals surface area contributed by atoms with Crippen molar-refractivity contribution >= 4 is 27.5 Å². The Morgan fingerprint density at radius 3 is 2.67 bits per heavy atom. The molecule has 0 radical (unpaired) electrons. The van der Waals surface area contributed by atoms with Crippen molar-refractivity contribution in [3.63, 3.8) is 0 Å². The third kappa shape index (κ3) is 3.85. The van der Waals surface area contributed by atoms with Gasteiger partial charge in [-0.3, -0.25) is 9.48 Å². The second-order valence-electron chi connectivity index (χ2n) is 4.97. The standard InChI is InChI=1S/C15H12BrF2N5O/c16-11-3-1-10(2-4-11)8-22-9-12(7-19-22)20-14(24)13-5-6-23(21-13)15(17)18/h1-7,9,15H,8H2,(H,20,24). The van der Waals surface area contributed by atoms with Crippen LogP contribution in [-0.2, 0) is 6.54 Å². The quantitative estimate of drug-likeness (QED) is 0.718. The third-order valence-corrected chi connectivity index (χ3v) is 3.72. The summed E-state index contributed by atoms with van der Waals surface area (Å²) >= 11 is 3.37. The number of anilines is 1. The molecule has 2 aromatic heterocycles. The van der Waals surface area contributed by atoms with Crippen LogP contribution in [-0.4, -0.2) is 25.5 Å². The monoisotopic (exact) mass is 395 g/mol. The van der Waals surface area contributed by atoms with Crippen molar-refractivity contribution in [3.05, 3.63) is 64.7 Å². The predicted octanol–water partition coefficient (Wildman–Crippen LogP) is 3.54. The Balaban J connectivity index is 1.64. The lowest BCUT2D eigenvalue weighted by molar-refractivity contribution is 0.0561. The Morgan fingerprint density at radius 1 is 1.25 bits per heavy atom. The van der Waals surface area contributed by atoms with E-state index in [1.165, 1.54) is 12.3 Å². The molecule has 3 aromatic rings. The number of amides is 1. The smallest absolute Gasteiger partial charge is 0.318 e. The van der Waals surface area contributed by atoms with Crippen LogP contribution in [0, 0.1) is 0 Å². The molecule has 0 bridgehead atoms. The number of carbonyl (C=O) groups is 1. The average molecular weight is 396 g/mol. The van der Waals surface area contributed by atoms with Crippen molar-refractivity contribution in [2.45, 2.75) is 13.1 Å². The first-order valence-electron chi connectivity index (χ1n) is 6.93. The lowest BCUT2D eigenvalue weighted by Gasteiger charge is -2.02. The number of benzene rings is 1. The number of rotatable bonds is 5. The molecule has 9 heteroatoms. The van der Waals surface area contributed by atoms with Gasteiger partial charge in [-0.2, -0.15) is 19.0 Å². The van der Waals surface area contributed by atoms with Gasteiger partial charge < -0.3 is 5.32 Å². The zero-order chi connectivity index (χ0) is 17.1. The minimum atomic E-state index is -2.78. The molecule has 3 rings (SSSR count). The number of halogens is 3. The summed E-state index contributed by atoms with van der Waals surface area (Å²) in [6.07, 6.45) is 4.20. The molecule has 1 amide bonds. The van der Waals surface area contributed by atoms with Crippen LogP contribution in [0.4, 0.5) is 14.5 Å². The number of aromatic nitrogens is 4. The van der Waals surface area contributed by atoms with Crippen molar-refractivity contribution in [2.75, 3.05) is 5.32 Å². The topological polar surface area (TPSA) is 64.7 Å². The van der Waals surface area contributed by atoms with Crippen LogP contribution >= 0.6 is 15.9 Å². The summed E-state index contributed by atoms with van der Waals surface area (Å²) in [5.41, 5.74) is 1.43. The van der Waals surface area contributed by atoms with Gasteiger partial charge in [0, 0.05) is 16.9 Å². The van der Waals surface area contributed by atoms with Gasteiger partial charge in [0.15, 0.2) is 5.69 Å². The maximum absolute atomic E-state index is 12.5. The van der Waals surface area contributed by atoms with Crippen LogP contribution in [0.5, 0.6) is 0 Å². The molecule has 0 saturated heterocycles. The van der Waals surface area contributed by atoms with E-state index in [1.807, 2.05) is 24.3 Å². The summed E-state index contributed by atoms with van der Waals surface area (Å²) in [5, 5.41) is 10.2. The summed E-state index contributed by atoms with van der Waals surface area (Å²) in [4.78, 5) is 12.0. The van der Waals surface area contributed by atoms with Gasteiger partial charge in [-0.1, -0.05) is 28.1 Å². The van der Waals surface area contributed by atoms with E-state index in [9.17, 15) is 13.6 Å². The Labute approximate surface area is 144 Å². The van der Waals surface area contributed by atoms with E-state index in [4.69, 9.17) is 0 Å². The highest BCUT2D eigenvalue weighted by atomic mass is 79.9. The van der Waals surface area contributed by atoms with Crippen LogP contribution in [0.15, 0.2) is 53.4 Å². The van der Waals surface area contributed by atoms with Crippen molar-refractivity contribution in [1.82, 2.24) is 19.6 Å². The Morgan fingerprint density at radius 2 is 2.00 bits per heavy atom. The SMILES string of the molecule is O=C(Nc1cnn(Cc2ccc(Br)cc2)c1)c1ccn(C(F)F)n1. The molecule has 0 aliphatic rings. The van der Waals surface area contributed by atoms with E-state index >= 15 is 0 Å². The van der Waals surface area contributed by atoms with Gasteiger partial charge in [-0.25, -0.2) is 4.68 Å². The van der Waals surface area contributed by atoms with E-state index in [0.29, 0.717) is 16.9 Å². The van der Waals surface area contributed by atoms with Gasteiger partial charge >= 0.3 is 6.55 Å². The fourth-order valence-electron chi connectivity index (χ4n) is 2.05. The minimum absolute atomic E-state index is 0.0871. The average Bonchev–Trinajstić information content (AvgIpc) is 3.19. The molecular weight excluding hydrogens is 384 g/mol. The molecule has 124 valence electrons. The van der Waals surface area contributed by atoms with E-state index in [-0.39, 0.29) is 5.69 Å². The zero-order valence-corrected chi connectivity index (χ0v) is 13.8. The molecule has 0 atom stereocenters. The van der Waals surface area contributed by atoms with Gasteiger partial charge in [0.05, 0.1) is 18.4 Å². The van der Waals surface area contributed by atoms with E-state index in [1.54, 1.807) is 10.9 Å². The third-order valence-electron chi connectivity index (χ3n) is 3.19. The van der Waals surface area contributed by atoms with E-state index < -0.39 is 12.5 Å². The zero-order valence-electron chi connectivity index (χ0n) is 12.2. The van der Waals surface area contributed by atoms with Crippen LogP contribution in [0.2, 0.25) is 0 Å².